The second-order valence-electron chi connectivity index (χ2n) is 13.2. The molecule has 1 heterocycles. The van der Waals surface area contributed by atoms with Crippen molar-refractivity contribution in [2.75, 3.05) is 13.7 Å². The normalized spacial score (nSPS) is 34.0. The molecule has 1 aliphatic heterocycles. The van der Waals surface area contributed by atoms with Crippen molar-refractivity contribution in [3.8, 4) is 0 Å². The summed E-state index contributed by atoms with van der Waals surface area (Å²) in [6, 6.07) is 0. The molecule has 2 rings (SSSR count). The van der Waals surface area contributed by atoms with Crippen LogP contribution in [0.2, 0.25) is 0 Å². The highest BCUT2D eigenvalue weighted by Gasteiger charge is 2.50. The number of aliphatic hydroxyl groups excluding tert-OH is 1. The van der Waals surface area contributed by atoms with Gasteiger partial charge in [-0.05, 0) is 81.5 Å². The number of rotatable bonds is 8. The van der Waals surface area contributed by atoms with E-state index in [9.17, 15) is 14.7 Å². The fourth-order valence-corrected chi connectivity index (χ4v) is 7.16. The number of hydrogen-bond donors (Lipinski definition) is 2. The molecular weight excluding hydrogens is 498 g/mol. The summed E-state index contributed by atoms with van der Waals surface area (Å²) in [5.74, 6) is 0.426. The predicted molar refractivity (Wildman–Crippen MR) is 152 cm³/mol. The molecule has 1 aliphatic carbocycles. The van der Waals surface area contributed by atoms with Crippen molar-refractivity contribution in [2.24, 2.45) is 23.2 Å². The van der Waals surface area contributed by atoms with Crippen LogP contribution in [-0.4, -0.2) is 60.7 Å². The first-order chi connectivity index (χ1) is 18.3. The summed E-state index contributed by atoms with van der Waals surface area (Å²) in [5, 5.41) is 10.1. The van der Waals surface area contributed by atoms with Crippen molar-refractivity contribution in [2.45, 2.75) is 149 Å². The smallest absolute Gasteiger partial charge is 0.305 e. The van der Waals surface area contributed by atoms with Crippen LogP contribution in [0.5, 0.6) is 0 Å². The van der Waals surface area contributed by atoms with E-state index in [0.717, 1.165) is 57.8 Å². The van der Waals surface area contributed by atoms with Crippen molar-refractivity contribution >= 4 is 11.9 Å². The van der Waals surface area contributed by atoms with Gasteiger partial charge in [-0.2, -0.15) is 5.48 Å². The molecule has 0 aromatic carbocycles. The van der Waals surface area contributed by atoms with Crippen LogP contribution in [0.3, 0.4) is 0 Å². The van der Waals surface area contributed by atoms with Gasteiger partial charge in [0.1, 0.15) is 6.10 Å². The predicted octanol–water partition coefficient (Wildman–Crippen LogP) is 5.74. The summed E-state index contributed by atoms with van der Waals surface area (Å²) >= 11 is 0. The van der Waals surface area contributed by atoms with Crippen molar-refractivity contribution in [1.29, 1.82) is 0 Å². The quantitative estimate of drug-likeness (QED) is 0.366. The Bertz CT molecular complexity index is 752. The van der Waals surface area contributed by atoms with Crippen molar-refractivity contribution in [1.82, 2.24) is 5.48 Å². The van der Waals surface area contributed by atoms with Crippen LogP contribution in [0.4, 0.5) is 0 Å². The number of carbonyl (C=O) groups is 2. The second kappa shape index (κ2) is 15.7. The number of esters is 2. The zero-order valence-corrected chi connectivity index (χ0v) is 25.9. The number of ether oxygens (including phenoxy) is 3. The summed E-state index contributed by atoms with van der Waals surface area (Å²) in [7, 11) is 1.43. The summed E-state index contributed by atoms with van der Waals surface area (Å²) in [5.41, 5.74) is 3.23. The Labute approximate surface area is 237 Å². The van der Waals surface area contributed by atoms with E-state index in [1.807, 2.05) is 0 Å². The highest BCUT2D eigenvalue weighted by molar-refractivity contribution is 5.69. The first kappa shape index (κ1) is 34.0. The minimum absolute atomic E-state index is 0.0225. The van der Waals surface area contributed by atoms with Gasteiger partial charge < -0.3 is 19.3 Å². The maximum absolute atomic E-state index is 12.1. The number of nitrogens with one attached hydrogen (secondary N) is 1. The number of hydroxylamine groups is 1. The Kier molecular flexibility index (Phi) is 13.7. The highest BCUT2D eigenvalue weighted by atomic mass is 16.7. The van der Waals surface area contributed by atoms with E-state index in [0.29, 0.717) is 18.8 Å². The van der Waals surface area contributed by atoms with Crippen LogP contribution < -0.4 is 5.48 Å². The molecule has 1 saturated carbocycles. The number of methoxy groups -OCH3 is 1. The van der Waals surface area contributed by atoms with Gasteiger partial charge in [0.25, 0.3) is 0 Å². The van der Waals surface area contributed by atoms with Gasteiger partial charge in [-0.3, -0.25) is 14.4 Å². The topological polar surface area (TPSA) is 103 Å². The molecule has 8 heteroatoms. The number of hydrogen-bond acceptors (Lipinski definition) is 8. The molecule has 1 saturated heterocycles. The van der Waals surface area contributed by atoms with Gasteiger partial charge in [-0.25, -0.2) is 0 Å². The molecule has 8 nitrogen and oxygen atoms in total. The average molecular weight is 556 g/mol. The van der Waals surface area contributed by atoms with Crippen LogP contribution in [0, 0.1) is 23.2 Å². The highest BCUT2D eigenvalue weighted by Crippen LogP contribution is 2.45. The Morgan fingerprint density at radius 1 is 1.13 bits per heavy atom. The summed E-state index contributed by atoms with van der Waals surface area (Å²) < 4.78 is 17.1. The standard InChI is InChI=1S/C31H57NO7/c1-9-25-21(2)15-16-24(38-23(4)34)12-10-14-28(37-20-22(3)33)31(25)19-11-13-26(30(5,6)7)27(39-32-31)17-18-29(35)36-8/h21-22,24-28,32-33H,9-20H2,1-8H3/t21-,22?,24-,25+,26?,27?,28+,31+/m0/s1. The Morgan fingerprint density at radius 2 is 1.85 bits per heavy atom. The zero-order chi connectivity index (χ0) is 29.2. The Balaban J connectivity index is 2.45. The monoisotopic (exact) mass is 555 g/mol. The molecule has 0 aromatic heterocycles. The third-order valence-electron chi connectivity index (χ3n) is 9.10. The van der Waals surface area contributed by atoms with Crippen LogP contribution in [-0.2, 0) is 28.6 Å². The van der Waals surface area contributed by atoms with E-state index in [1.54, 1.807) is 6.92 Å². The molecule has 39 heavy (non-hydrogen) atoms. The van der Waals surface area contributed by atoms with Gasteiger partial charge in [0.05, 0.1) is 37.6 Å². The van der Waals surface area contributed by atoms with Crippen LogP contribution in [0.25, 0.3) is 0 Å². The van der Waals surface area contributed by atoms with Crippen LogP contribution >= 0.6 is 0 Å². The fourth-order valence-electron chi connectivity index (χ4n) is 7.16. The second-order valence-corrected chi connectivity index (χ2v) is 13.2. The molecule has 2 fully saturated rings. The molecule has 2 N–H and O–H groups in total. The lowest BCUT2D eigenvalue weighted by molar-refractivity contribution is -0.191. The van der Waals surface area contributed by atoms with Gasteiger partial charge >= 0.3 is 11.9 Å². The molecule has 0 bridgehead atoms. The van der Waals surface area contributed by atoms with E-state index in [4.69, 9.17) is 19.0 Å². The van der Waals surface area contributed by atoms with Crippen LogP contribution in [0.15, 0.2) is 0 Å². The minimum Gasteiger partial charge on any atom is -0.469 e. The molecule has 2 aliphatic rings. The lowest BCUT2D eigenvalue weighted by Gasteiger charge is -2.52. The molecule has 0 aromatic rings. The summed E-state index contributed by atoms with van der Waals surface area (Å²) in [6.45, 7) is 14.8. The zero-order valence-electron chi connectivity index (χ0n) is 25.9. The largest absolute Gasteiger partial charge is 0.469 e. The van der Waals surface area contributed by atoms with Gasteiger partial charge in [-0.15, -0.1) is 0 Å². The summed E-state index contributed by atoms with van der Waals surface area (Å²) in [4.78, 5) is 30.5. The maximum Gasteiger partial charge on any atom is 0.305 e. The molecular formula is C31H57NO7. The molecule has 228 valence electrons. The third-order valence-corrected chi connectivity index (χ3v) is 9.10. The first-order valence-electron chi connectivity index (χ1n) is 15.3. The fraction of sp³-hybridized carbons (Fsp3) is 0.935. The maximum atomic E-state index is 12.1. The van der Waals surface area contributed by atoms with E-state index >= 15 is 0 Å². The van der Waals surface area contributed by atoms with Gasteiger partial charge in [0, 0.05) is 13.3 Å². The van der Waals surface area contributed by atoms with E-state index in [-0.39, 0.29) is 54.1 Å². The van der Waals surface area contributed by atoms with Gasteiger partial charge in [-0.1, -0.05) is 47.5 Å². The van der Waals surface area contributed by atoms with Gasteiger partial charge in [0.2, 0.25) is 0 Å². The summed E-state index contributed by atoms with van der Waals surface area (Å²) in [6.07, 6.45) is 8.02. The van der Waals surface area contributed by atoms with Crippen LogP contribution in [0.1, 0.15) is 119 Å². The SMILES string of the molecule is CC[C@@H]1[C@@H](C)CC[C@@H](OC(C)=O)CCC[C@@H](OCC(C)O)[C@@]12CCCC(C(C)(C)C)C(CCC(=O)OC)ON2. The lowest BCUT2D eigenvalue weighted by Crippen LogP contribution is -2.64. The van der Waals surface area contributed by atoms with Gasteiger partial charge in [0.15, 0.2) is 0 Å². The number of carbonyl (C=O) groups excluding carboxylic acids is 2. The first-order valence-corrected chi connectivity index (χ1v) is 15.3. The molecule has 3 unspecified atom stereocenters. The Morgan fingerprint density at radius 3 is 2.44 bits per heavy atom. The molecule has 1 spiro atoms. The lowest BCUT2D eigenvalue weighted by atomic mass is 9.65. The third kappa shape index (κ3) is 9.98. The molecule has 0 amide bonds. The van der Waals surface area contributed by atoms with E-state index in [1.165, 1.54) is 14.0 Å². The molecule has 0 radical (unpaired) electrons. The molecule has 8 atom stereocenters. The Hall–Kier alpha value is -1.22. The number of aliphatic hydroxyl groups is 1. The van der Waals surface area contributed by atoms with Crippen molar-refractivity contribution < 1.29 is 33.7 Å². The van der Waals surface area contributed by atoms with Crippen molar-refractivity contribution in [3.05, 3.63) is 0 Å². The van der Waals surface area contributed by atoms with E-state index in [2.05, 4.69) is 40.1 Å². The van der Waals surface area contributed by atoms with E-state index < -0.39 is 11.6 Å². The minimum atomic E-state index is -0.573. The van der Waals surface area contributed by atoms with Crippen molar-refractivity contribution in [3.63, 3.8) is 0 Å². The average Bonchev–Trinajstić information content (AvgIpc) is 2.84.